The Labute approximate surface area is 92.7 Å². The molecule has 15 heavy (non-hydrogen) atoms. The first-order chi connectivity index (χ1) is 7.16. The average Bonchev–Trinajstić information content (AvgIpc) is 2.49. The van der Waals surface area contributed by atoms with Crippen molar-refractivity contribution >= 4 is 29.4 Å². The topological polar surface area (TPSA) is 38.3 Å². The summed E-state index contributed by atoms with van der Waals surface area (Å²) < 4.78 is 5.06. The van der Waals surface area contributed by atoms with Gasteiger partial charge in [0.2, 0.25) is 0 Å². The van der Waals surface area contributed by atoms with Gasteiger partial charge in [0.25, 0.3) is 11.1 Å². The van der Waals surface area contributed by atoms with Gasteiger partial charge in [-0.15, -0.1) is 0 Å². The smallest absolute Gasteiger partial charge is 0.294 e. The van der Waals surface area contributed by atoms with Crippen LogP contribution in [0.25, 0.3) is 6.08 Å². The second kappa shape index (κ2) is 3.82. The lowest BCUT2D eigenvalue weighted by atomic mass is 10.1. The number of nitrogens with one attached hydrogen (secondary N) is 1. The van der Waals surface area contributed by atoms with E-state index in [1.54, 1.807) is 6.08 Å². The van der Waals surface area contributed by atoms with Crippen molar-refractivity contribution < 1.29 is 9.53 Å². The van der Waals surface area contributed by atoms with Crippen LogP contribution >= 0.6 is 12.2 Å². The number of carbonyl (C=O) groups is 1. The molecule has 1 aliphatic rings. The summed E-state index contributed by atoms with van der Waals surface area (Å²) in [7, 11) is 0. The predicted molar refractivity (Wildman–Crippen MR) is 61.0 cm³/mol. The number of hydrogen-bond acceptors (Lipinski definition) is 3. The molecule has 0 aromatic heterocycles. The molecule has 1 aromatic rings. The highest BCUT2D eigenvalue weighted by Gasteiger charge is 2.22. The lowest BCUT2D eigenvalue weighted by Gasteiger charge is -1.99. The summed E-state index contributed by atoms with van der Waals surface area (Å²) in [6.07, 6.45) is 1.68. The highest BCUT2D eigenvalue weighted by Crippen LogP contribution is 2.15. The van der Waals surface area contributed by atoms with Crippen molar-refractivity contribution in [2.24, 2.45) is 0 Å². The van der Waals surface area contributed by atoms with Crippen molar-refractivity contribution in [3.05, 3.63) is 41.2 Å². The monoisotopic (exact) mass is 219 g/mol. The van der Waals surface area contributed by atoms with Crippen LogP contribution in [0, 0.1) is 6.92 Å². The van der Waals surface area contributed by atoms with Crippen LogP contribution in [0.4, 0.5) is 0 Å². The zero-order valence-electron chi connectivity index (χ0n) is 8.11. The Hall–Kier alpha value is -1.68. The summed E-state index contributed by atoms with van der Waals surface area (Å²) >= 11 is 4.73. The number of rotatable bonds is 1. The lowest BCUT2D eigenvalue weighted by molar-refractivity contribution is -0.116. The summed E-state index contributed by atoms with van der Waals surface area (Å²) in [6, 6.07) is 7.74. The molecule has 1 aliphatic heterocycles. The maximum atomic E-state index is 11.3. The van der Waals surface area contributed by atoms with Gasteiger partial charge >= 0.3 is 0 Å². The molecule has 0 aliphatic carbocycles. The third-order valence-corrected chi connectivity index (χ3v) is 2.30. The third kappa shape index (κ3) is 2.05. The van der Waals surface area contributed by atoms with Gasteiger partial charge < -0.3 is 4.74 Å². The molecule has 1 fully saturated rings. The average molecular weight is 219 g/mol. The van der Waals surface area contributed by atoms with Crippen molar-refractivity contribution in [1.82, 2.24) is 5.32 Å². The van der Waals surface area contributed by atoms with E-state index in [1.807, 2.05) is 31.2 Å². The second-order valence-corrected chi connectivity index (χ2v) is 3.58. The molecule has 0 bridgehead atoms. The first kappa shape index (κ1) is 9.86. The number of carbonyl (C=O) groups excluding carboxylic acids is 1. The van der Waals surface area contributed by atoms with Gasteiger partial charge in [0, 0.05) is 0 Å². The molecule has 1 amide bonds. The molecule has 76 valence electrons. The maximum Gasteiger partial charge on any atom is 0.294 e. The van der Waals surface area contributed by atoms with Gasteiger partial charge in [-0.25, -0.2) is 0 Å². The van der Waals surface area contributed by atoms with Gasteiger partial charge in [0.15, 0.2) is 5.76 Å². The van der Waals surface area contributed by atoms with Crippen LogP contribution in [0.2, 0.25) is 0 Å². The minimum absolute atomic E-state index is 0.111. The van der Waals surface area contributed by atoms with Crippen LogP contribution in [0.5, 0.6) is 0 Å². The number of hydrogen-bond donors (Lipinski definition) is 1. The molecule has 1 heterocycles. The van der Waals surface area contributed by atoms with Crippen LogP contribution in [-0.2, 0) is 9.53 Å². The molecule has 1 aromatic carbocycles. The van der Waals surface area contributed by atoms with E-state index in [9.17, 15) is 4.79 Å². The second-order valence-electron chi connectivity index (χ2n) is 3.21. The maximum absolute atomic E-state index is 11.3. The van der Waals surface area contributed by atoms with Crippen LogP contribution < -0.4 is 5.32 Å². The largest absolute Gasteiger partial charge is 0.426 e. The fourth-order valence-corrected chi connectivity index (χ4v) is 1.49. The van der Waals surface area contributed by atoms with Gasteiger partial charge in [-0.05, 0) is 36.3 Å². The normalized spacial score (nSPS) is 17.8. The SMILES string of the molecule is Cc1ccccc1/C=C1\OC(=S)NC1=O. The van der Waals surface area contributed by atoms with Crippen molar-refractivity contribution in [2.45, 2.75) is 6.92 Å². The fraction of sp³-hybridized carbons (Fsp3) is 0.0909. The quantitative estimate of drug-likeness (QED) is 0.578. The van der Waals surface area contributed by atoms with Crippen molar-refractivity contribution in [3.8, 4) is 0 Å². The molecule has 0 radical (unpaired) electrons. The first-order valence-electron chi connectivity index (χ1n) is 4.47. The molecular formula is C11H9NO2S. The van der Waals surface area contributed by atoms with E-state index in [-0.39, 0.29) is 16.8 Å². The first-order valence-corrected chi connectivity index (χ1v) is 4.88. The van der Waals surface area contributed by atoms with Gasteiger partial charge in [-0.2, -0.15) is 0 Å². The van der Waals surface area contributed by atoms with Gasteiger partial charge in [0.05, 0.1) is 0 Å². The number of amides is 1. The van der Waals surface area contributed by atoms with E-state index >= 15 is 0 Å². The van der Waals surface area contributed by atoms with Gasteiger partial charge in [0.1, 0.15) is 0 Å². The summed E-state index contributed by atoms with van der Waals surface area (Å²) in [5, 5.41) is 2.52. The Balaban J connectivity index is 2.35. The Morgan fingerprint density at radius 2 is 2.13 bits per heavy atom. The Morgan fingerprint density at radius 1 is 1.40 bits per heavy atom. The summed E-state index contributed by atoms with van der Waals surface area (Å²) in [5.74, 6) is -0.0439. The van der Waals surface area contributed by atoms with E-state index < -0.39 is 0 Å². The minimum atomic E-state index is -0.289. The van der Waals surface area contributed by atoms with E-state index in [4.69, 9.17) is 17.0 Å². The third-order valence-electron chi connectivity index (χ3n) is 2.12. The summed E-state index contributed by atoms with van der Waals surface area (Å²) in [4.78, 5) is 11.3. The number of benzene rings is 1. The number of thiocarbonyl (C=S) groups is 1. The van der Waals surface area contributed by atoms with Crippen LogP contribution in [-0.4, -0.2) is 11.1 Å². The van der Waals surface area contributed by atoms with E-state index in [0.717, 1.165) is 11.1 Å². The van der Waals surface area contributed by atoms with Gasteiger partial charge in [-0.1, -0.05) is 24.3 Å². The highest BCUT2D eigenvalue weighted by molar-refractivity contribution is 7.80. The number of aryl methyl sites for hydroxylation is 1. The molecule has 0 saturated carbocycles. The molecular weight excluding hydrogens is 210 g/mol. The van der Waals surface area contributed by atoms with Crippen LogP contribution in [0.3, 0.4) is 0 Å². The molecule has 4 heteroatoms. The zero-order chi connectivity index (χ0) is 10.8. The highest BCUT2D eigenvalue weighted by atomic mass is 32.1. The minimum Gasteiger partial charge on any atom is -0.426 e. The van der Waals surface area contributed by atoms with Crippen LogP contribution in [0.15, 0.2) is 30.0 Å². The Kier molecular flexibility index (Phi) is 2.51. The molecule has 3 nitrogen and oxygen atoms in total. The lowest BCUT2D eigenvalue weighted by Crippen LogP contribution is -2.18. The van der Waals surface area contributed by atoms with Gasteiger partial charge in [-0.3, -0.25) is 10.1 Å². The number of ether oxygens (including phenoxy) is 1. The summed E-state index contributed by atoms with van der Waals surface area (Å²) in [6.45, 7) is 1.97. The van der Waals surface area contributed by atoms with E-state index in [1.165, 1.54) is 0 Å². The standard InChI is InChI=1S/C11H9NO2S/c1-7-4-2-3-5-8(7)6-9-10(13)12-11(15)14-9/h2-6H,1H3,(H,12,13,15)/b9-6-. The van der Waals surface area contributed by atoms with E-state index in [0.29, 0.717) is 0 Å². The van der Waals surface area contributed by atoms with Crippen LogP contribution in [0.1, 0.15) is 11.1 Å². The Bertz CT molecular complexity index is 465. The molecule has 1 N–H and O–H groups in total. The summed E-state index contributed by atoms with van der Waals surface area (Å²) in [5.41, 5.74) is 2.03. The van der Waals surface area contributed by atoms with Crippen molar-refractivity contribution in [2.75, 3.05) is 0 Å². The molecule has 0 unspecified atom stereocenters. The fourth-order valence-electron chi connectivity index (χ4n) is 1.31. The predicted octanol–water partition coefficient (Wildman–Crippen LogP) is 1.77. The van der Waals surface area contributed by atoms with E-state index in [2.05, 4.69) is 5.32 Å². The van der Waals surface area contributed by atoms with Crippen molar-refractivity contribution in [1.29, 1.82) is 0 Å². The molecule has 0 spiro atoms. The van der Waals surface area contributed by atoms with Crippen molar-refractivity contribution in [3.63, 3.8) is 0 Å². The molecule has 2 rings (SSSR count). The molecule has 0 atom stereocenters. The zero-order valence-corrected chi connectivity index (χ0v) is 8.93. The molecule has 1 saturated heterocycles. The Morgan fingerprint density at radius 3 is 2.73 bits per heavy atom.